The second-order valence-electron chi connectivity index (χ2n) is 9.27. The van der Waals surface area contributed by atoms with E-state index in [1.54, 1.807) is 0 Å². The Morgan fingerprint density at radius 3 is 1.96 bits per heavy atom. The Labute approximate surface area is 154 Å². The van der Waals surface area contributed by atoms with Crippen molar-refractivity contribution in [1.82, 2.24) is 0 Å². The van der Waals surface area contributed by atoms with Gasteiger partial charge >= 0.3 is 0 Å². The van der Waals surface area contributed by atoms with Crippen molar-refractivity contribution in [2.45, 2.75) is 85.0 Å². The molecule has 0 heterocycles. The molecule has 1 nitrogen and oxygen atoms in total. The third-order valence-corrected chi connectivity index (χ3v) is 5.05. The van der Waals surface area contributed by atoms with Crippen molar-refractivity contribution in [2.75, 3.05) is 0 Å². The number of hydrogen-bond acceptors (Lipinski definition) is 1. The van der Waals surface area contributed by atoms with Crippen molar-refractivity contribution in [3.05, 3.63) is 58.2 Å². The number of aryl methyl sites for hydroxylation is 1. The van der Waals surface area contributed by atoms with Crippen molar-refractivity contribution in [1.29, 1.82) is 0 Å². The van der Waals surface area contributed by atoms with Gasteiger partial charge in [-0.2, -0.15) is 0 Å². The maximum atomic E-state index is 12.4. The summed E-state index contributed by atoms with van der Waals surface area (Å²) in [5.41, 5.74) is 6.84. The Morgan fingerprint density at radius 1 is 1.00 bits per heavy atom. The summed E-state index contributed by atoms with van der Waals surface area (Å²) in [6, 6.07) is 4.70. The van der Waals surface area contributed by atoms with E-state index in [4.69, 9.17) is 0 Å². The third-order valence-electron chi connectivity index (χ3n) is 5.05. The van der Waals surface area contributed by atoms with Crippen molar-refractivity contribution in [2.24, 2.45) is 0 Å². The molecule has 0 atom stereocenters. The van der Waals surface area contributed by atoms with E-state index in [9.17, 15) is 4.79 Å². The number of benzene rings is 1. The zero-order chi connectivity index (χ0) is 18.8. The Morgan fingerprint density at radius 2 is 1.56 bits per heavy atom. The fraction of sp³-hybridized carbons (Fsp3) is 0.542. The lowest BCUT2D eigenvalue weighted by molar-refractivity contribution is -0.115. The molecular formula is C24H34O. The van der Waals surface area contributed by atoms with Crippen LogP contribution in [0, 0.1) is 0 Å². The smallest absolute Gasteiger partial charge is 0.159 e. The number of carbonyl (C=O) groups excluding carboxylic acids is 1. The molecule has 1 heteroatoms. The number of allylic oxidation sites excluding steroid dienone is 4. The molecule has 0 saturated carbocycles. The molecule has 1 aromatic carbocycles. The first kappa shape index (κ1) is 19.7. The van der Waals surface area contributed by atoms with Gasteiger partial charge in [0.15, 0.2) is 5.78 Å². The van der Waals surface area contributed by atoms with Crippen LogP contribution in [0.15, 0.2) is 35.9 Å². The molecule has 25 heavy (non-hydrogen) atoms. The molecule has 1 aliphatic carbocycles. The maximum absolute atomic E-state index is 12.4. The second-order valence-corrected chi connectivity index (χ2v) is 9.27. The molecule has 136 valence electrons. The van der Waals surface area contributed by atoms with Crippen molar-refractivity contribution in [3.8, 4) is 0 Å². The van der Waals surface area contributed by atoms with Gasteiger partial charge in [0.1, 0.15) is 0 Å². The predicted octanol–water partition coefficient (Wildman–Crippen LogP) is 6.23. The molecule has 0 saturated heterocycles. The van der Waals surface area contributed by atoms with Crippen LogP contribution in [0.1, 0.15) is 83.6 Å². The van der Waals surface area contributed by atoms with Crippen LogP contribution in [-0.4, -0.2) is 5.78 Å². The number of carbonyl (C=O) groups is 1. The quantitative estimate of drug-likeness (QED) is 0.622. The van der Waals surface area contributed by atoms with E-state index in [1.165, 1.54) is 22.3 Å². The summed E-state index contributed by atoms with van der Waals surface area (Å²) in [5.74, 6) is 0.291. The maximum Gasteiger partial charge on any atom is 0.159 e. The fourth-order valence-electron chi connectivity index (χ4n) is 3.67. The van der Waals surface area contributed by atoms with Crippen LogP contribution < -0.4 is 0 Å². The summed E-state index contributed by atoms with van der Waals surface area (Å²) in [7, 11) is 0. The van der Waals surface area contributed by atoms with Crippen LogP contribution in [0.25, 0.3) is 0 Å². The van der Waals surface area contributed by atoms with E-state index >= 15 is 0 Å². The highest BCUT2D eigenvalue weighted by molar-refractivity contribution is 5.96. The topological polar surface area (TPSA) is 17.1 Å². The molecule has 0 fully saturated rings. The summed E-state index contributed by atoms with van der Waals surface area (Å²) in [6.45, 7) is 16.0. The minimum Gasteiger partial charge on any atom is -0.295 e. The van der Waals surface area contributed by atoms with Crippen LogP contribution in [0.4, 0.5) is 0 Å². The number of hydrogen-bond donors (Lipinski definition) is 0. The minimum absolute atomic E-state index is 0.114. The highest BCUT2D eigenvalue weighted by Crippen LogP contribution is 2.36. The zero-order valence-electron chi connectivity index (χ0n) is 17.1. The molecule has 1 aromatic rings. The summed E-state index contributed by atoms with van der Waals surface area (Å²) >= 11 is 0. The monoisotopic (exact) mass is 338 g/mol. The average molecular weight is 339 g/mol. The summed E-state index contributed by atoms with van der Waals surface area (Å²) < 4.78 is 0. The number of rotatable bonds is 5. The van der Waals surface area contributed by atoms with E-state index < -0.39 is 0 Å². The fourth-order valence-corrected chi connectivity index (χ4v) is 3.67. The van der Waals surface area contributed by atoms with Gasteiger partial charge in [-0.3, -0.25) is 4.79 Å². The highest BCUT2D eigenvalue weighted by Gasteiger charge is 2.25. The van der Waals surface area contributed by atoms with Gasteiger partial charge in [-0.1, -0.05) is 78.8 Å². The molecule has 1 aliphatic rings. The first-order valence-corrected chi connectivity index (χ1v) is 9.59. The molecule has 0 bridgehead atoms. The van der Waals surface area contributed by atoms with Gasteiger partial charge in [-0.15, -0.1) is 0 Å². The summed E-state index contributed by atoms with van der Waals surface area (Å²) in [5, 5.41) is 0. The van der Waals surface area contributed by atoms with Gasteiger partial charge in [-0.25, -0.2) is 0 Å². The van der Waals surface area contributed by atoms with Crippen molar-refractivity contribution in [3.63, 3.8) is 0 Å². The Bertz CT molecular complexity index is 668. The lowest BCUT2D eigenvalue weighted by Crippen LogP contribution is -2.21. The van der Waals surface area contributed by atoms with Crippen LogP contribution >= 0.6 is 0 Å². The zero-order valence-corrected chi connectivity index (χ0v) is 17.1. The Balaban J connectivity index is 2.36. The highest BCUT2D eigenvalue weighted by atomic mass is 16.1. The SMILES string of the molecule is CCc1c(C(C)(C)C)cc(CCC(=O)C2=CC=CC2)cc1C(C)(C)C. The van der Waals surface area contributed by atoms with E-state index in [2.05, 4.69) is 66.7 Å². The first-order chi connectivity index (χ1) is 11.5. The van der Waals surface area contributed by atoms with Gasteiger partial charge in [0, 0.05) is 6.42 Å². The molecule has 2 rings (SSSR count). The molecule has 0 spiro atoms. The van der Waals surface area contributed by atoms with E-state index in [0.29, 0.717) is 12.2 Å². The van der Waals surface area contributed by atoms with Gasteiger partial charge in [-0.05, 0) is 57.9 Å². The number of ketones is 1. The molecule has 0 amide bonds. The molecular weight excluding hydrogens is 304 g/mol. The average Bonchev–Trinajstić information content (AvgIpc) is 3.04. The lowest BCUT2D eigenvalue weighted by Gasteiger charge is -2.31. The minimum atomic E-state index is 0.114. The van der Waals surface area contributed by atoms with Crippen LogP contribution in [0.3, 0.4) is 0 Å². The number of Topliss-reactive ketones (excluding diaryl/α,β-unsaturated/α-hetero) is 1. The van der Waals surface area contributed by atoms with Crippen molar-refractivity contribution >= 4 is 5.78 Å². The van der Waals surface area contributed by atoms with E-state index in [1.807, 2.05) is 12.2 Å². The van der Waals surface area contributed by atoms with Gasteiger partial charge in [0.05, 0.1) is 0 Å². The van der Waals surface area contributed by atoms with Gasteiger partial charge in [0.2, 0.25) is 0 Å². The predicted molar refractivity (Wildman–Crippen MR) is 108 cm³/mol. The van der Waals surface area contributed by atoms with Crippen LogP contribution in [0.5, 0.6) is 0 Å². The largest absolute Gasteiger partial charge is 0.295 e. The first-order valence-electron chi connectivity index (χ1n) is 9.59. The summed E-state index contributed by atoms with van der Waals surface area (Å²) in [6.07, 6.45) is 9.28. The summed E-state index contributed by atoms with van der Waals surface area (Å²) in [4.78, 5) is 12.4. The van der Waals surface area contributed by atoms with Crippen LogP contribution in [0.2, 0.25) is 0 Å². The third kappa shape index (κ3) is 4.71. The molecule has 0 radical (unpaired) electrons. The van der Waals surface area contributed by atoms with E-state index in [0.717, 1.165) is 24.8 Å². The second kappa shape index (κ2) is 7.32. The molecule has 0 unspecified atom stereocenters. The van der Waals surface area contributed by atoms with E-state index in [-0.39, 0.29) is 10.8 Å². The molecule has 0 aromatic heterocycles. The molecule has 0 aliphatic heterocycles. The van der Waals surface area contributed by atoms with Crippen LogP contribution in [-0.2, 0) is 28.5 Å². The van der Waals surface area contributed by atoms with Crippen molar-refractivity contribution < 1.29 is 4.79 Å². The Hall–Kier alpha value is -1.63. The molecule has 0 N–H and O–H groups in total. The standard InChI is InChI=1S/C24H34O/c1-8-19-20(23(2,3)4)15-17(16-21(19)24(5,6)7)13-14-22(25)18-11-9-10-12-18/h9-11,15-16H,8,12-14H2,1-7H3. The normalized spacial score (nSPS) is 14.8. The Kier molecular flexibility index (Phi) is 5.76. The van der Waals surface area contributed by atoms with Gasteiger partial charge in [0.25, 0.3) is 0 Å². The lowest BCUT2D eigenvalue weighted by atomic mass is 9.74. The van der Waals surface area contributed by atoms with Gasteiger partial charge < -0.3 is 0 Å².